The van der Waals surface area contributed by atoms with E-state index in [4.69, 9.17) is 19.4 Å². The van der Waals surface area contributed by atoms with Gasteiger partial charge >= 0.3 is 0 Å². The molecule has 2 aromatic heterocycles. The smallest absolute Gasteiger partial charge is 0.164 e. The third-order valence-corrected chi connectivity index (χ3v) is 11.2. The molecule has 0 saturated carbocycles. The highest BCUT2D eigenvalue weighted by Crippen LogP contribution is 2.44. The summed E-state index contributed by atoms with van der Waals surface area (Å²) in [5.41, 5.74) is 10.8. The van der Waals surface area contributed by atoms with Gasteiger partial charge in [0.15, 0.2) is 17.5 Å². The Balaban J connectivity index is 1.11. The molecule has 10 rings (SSSR count). The van der Waals surface area contributed by atoms with Crippen molar-refractivity contribution in [3.8, 4) is 33.9 Å². The summed E-state index contributed by atoms with van der Waals surface area (Å²) in [5, 5.41) is 4.65. The summed E-state index contributed by atoms with van der Waals surface area (Å²) < 4.78 is 6.64. The van der Waals surface area contributed by atoms with Crippen LogP contribution in [-0.2, 0) is 5.41 Å². The third kappa shape index (κ3) is 5.33. The number of nitrogens with zero attached hydrogens (tertiary/aromatic N) is 3. The van der Waals surface area contributed by atoms with Crippen LogP contribution in [0.25, 0.3) is 78.3 Å². The largest absolute Gasteiger partial charge is 0.456 e. The monoisotopic (exact) mass is 683 g/mol. The van der Waals surface area contributed by atoms with E-state index in [9.17, 15) is 0 Å². The Kier molecular flexibility index (Phi) is 7.33. The lowest BCUT2D eigenvalue weighted by Gasteiger charge is -2.28. The highest BCUT2D eigenvalue weighted by Gasteiger charge is 2.27. The quantitative estimate of drug-likeness (QED) is 0.181. The highest BCUT2D eigenvalue weighted by atomic mass is 16.3. The van der Waals surface area contributed by atoms with Crippen LogP contribution >= 0.6 is 0 Å². The molecule has 0 saturated heterocycles. The zero-order valence-electron chi connectivity index (χ0n) is 29.8. The van der Waals surface area contributed by atoms with Crippen LogP contribution in [0.15, 0.2) is 156 Å². The summed E-state index contributed by atoms with van der Waals surface area (Å²) >= 11 is 0. The Morgan fingerprint density at radius 2 is 1.42 bits per heavy atom. The summed E-state index contributed by atoms with van der Waals surface area (Å²) in [6, 6.07) is 44.7. The van der Waals surface area contributed by atoms with E-state index in [1.165, 1.54) is 33.0 Å². The van der Waals surface area contributed by atoms with Crippen molar-refractivity contribution in [2.75, 3.05) is 0 Å². The average molecular weight is 684 g/mol. The number of hydrogen-bond donors (Lipinski definition) is 0. The second kappa shape index (κ2) is 12.4. The number of hydrogen-bond acceptors (Lipinski definition) is 4. The predicted octanol–water partition coefficient (Wildman–Crippen LogP) is 12.7. The van der Waals surface area contributed by atoms with E-state index in [2.05, 4.69) is 141 Å². The fourth-order valence-electron chi connectivity index (χ4n) is 8.30. The van der Waals surface area contributed by atoms with Crippen LogP contribution in [0.2, 0.25) is 0 Å². The predicted molar refractivity (Wildman–Crippen MR) is 219 cm³/mol. The summed E-state index contributed by atoms with van der Waals surface area (Å²) in [5.74, 6) is 2.39. The molecule has 53 heavy (non-hydrogen) atoms. The van der Waals surface area contributed by atoms with Gasteiger partial charge in [-0.05, 0) is 81.6 Å². The molecule has 2 heterocycles. The fourth-order valence-corrected chi connectivity index (χ4v) is 8.30. The van der Waals surface area contributed by atoms with Gasteiger partial charge in [0, 0.05) is 32.9 Å². The first-order valence-electron chi connectivity index (χ1n) is 18.5. The molecule has 8 aromatic rings. The minimum absolute atomic E-state index is 0.0935. The van der Waals surface area contributed by atoms with Crippen LogP contribution in [0, 0.1) is 0 Å². The van der Waals surface area contributed by atoms with E-state index in [0.29, 0.717) is 23.4 Å². The Morgan fingerprint density at radius 3 is 2.25 bits per heavy atom. The molecule has 2 unspecified atom stereocenters. The molecule has 0 N–H and O–H groups in total. The number of benzene rings is 6. The molecular weight excluding hydrogens is 647 g/mol. The number of furan rings is 1. The van der Waals surface area contributed by atoms with Gasteiger partial charge in [0.25, 0.3) is 0 Å². The van der Waals surface area contributed by atoms with E-state index in [-0.39, 0.29) is 5.41 Å². The van der Waals surface area contributed by atoms with Crippen molar-refractivity contribution in [3.05, 3.63) is 174 Å². The standard InChI is InChI=1S/C49H37N3O/c1-31-13-11-20-38-41(29-34-16-9-10-19-37(34)44(31)38)35-23-24-39-43(30-35)53-42-22-12-21-40(45(39)42)48-51-46(32-14-5-3-6-15-32)50-47(52-48)33-25-27-49(2,28-26-33)36-17-7-4-8-18-36/h3-12,14-27,29-31H,13,28H2,1-2H3. The van der Waals surface area contributed by atoms with E-state index in [1.54, 1.807) is 0 Å². The highest BCUT2D eigenvalue weighted by molar-refractivity contribution is 6.12. The van der Waals surface area contributed by atoms with Crippen molar-refractivity contribution in [2.45, 2.75) is 38.0 Å². The molecule has 4 heteroatoms. The van der Waals surface area contributed by atoms with E-state index in [0.717, 1.165) is 57.0 Å². The Morgan fingerprint density at radius 1 is 0.642 bits per heavy atom. The molecule has 254 valence electrons. The van der Waals surface area contributed by atoms with Gasteiger partial charge in [0.2, 0.25) is 0 Å². The van der Waals surface area contributed by atoms with Gasteiger partial charge in [-0.1, -0.05) is 147 Å². The Labute approximate surface area is 308 Å². The molecule has 0 amide bonds. The lowest BCUT2D eigenvalue weighted by Crippen LogP contribution is -2.20. The SMILES string of the molecule is CC1CC=Cc2c(-c3ccc4c(c3)oc3cccc(-c5nc(C6=CCC(C)(c7ccccc7)C=C6)nc(-c6ccccc6)n5)c34)cc3ccccc3c21. The van der Waals surface area contributed by atoms with Crippen LogP contribution in [0.4, 0.5) is 0 Å². The van der Waals surface area contributed by atoms with Gasteiger partial charge in [0.1, 0.15) is 11.2 Å². The molecule has 2 aliphatic rings. The lowest BCUT2D eigenvalue weighted by molar-refractivity contribution is 0.601. The van der Waals surface area contributed by atoms with Crippen molar-refractivity contribution in [2.24, 2.45) is 0 Å². The maximum Gasteiger partial charge on any atom is 0.164 e. The second-order valence-corrected chi connectivity index (χ2v) is 14.7. The first kappa shape index (κ1) is 31.4. The summed E-state index contributed by atoms with van der Waals surface area (Å²) in [4.78, 5) is 15.3. The molecule has 0 spiro atoms. The Hall–Kier alpha value is -6.39. The third-order valence-electron chi connectivity index (χ3n) is 11.2. The van der Waals surface area contributed by atoms with E-state index in [1.807, 2.05) is 30.3 Å². The summed E-state index contributed by atoms with van der Waals surface area (Å²) in [7, 11) is 0. The van der Waals surface area contributed by atoms with Crippen LogP contribution in [0.5, 0.6) is 0 Å². The minimum atomic E-state index is -0.0935. The number of fused-ring (bicyclic) bond motifs is 6. The van der Waals surface area contributed by atoms with Gasteiger partial charge in [-0.15, -0.1) is 0 Å². The normalized spacial score (nSPS) is 18.1. The second-order valence-electron chi connectivity index (χ2n) is 14.7. The van der Waals surface area contributed by atoms with Crippen LogP contribution < -0.4 is 0 Å². The molecule has 0 fully saturated rings. The van der Waals surface area contributed by atoms with Crippen LogP contribution in [0.1, 0.15) is 55.1 Å². The summed E-state index contributed by atoms with van der Waals surface area (Å²) in [6.07, 6.45) is 13.2. The lowest BCUT2D eigenvalue weighted by atomic mass is 9.76. The summed E-state index contributed by atoms with van der Waals surface area (Å²) in [6.45, 7) is 4.61. The van der Waals surface area contributed by atoms with Crippen molar-refractivity contribution in [1.82, 2.24) is 15.0 Å². The zero-order valence-corrected chi connectivity index (χ0v) is 29.8. The van der Waals surface area contributed by atoms with Gasteiger partial charge < -0.3 is 4.42 Å². The van der Waals surface area contributed by atoms with E-state index >= 15 is 0 Å². The Bertz CT molecular complexity index is 2810. The fraction of sp³-hybridized carbons (Fsp3) is 0.122. The first-order chi connectivity index (χ1) is 26.0. The van der Waals surface area contributed by atoms with Gasteiger partial charge in [-0.25, -0.2) is 15.0 Å². The molecule has 2 aliphatic carbocycles. The van der Waals surface area contributed by atoms with Crippen molar-refractivity contribution >= 4 is 44.4 Å². The van der Waals surface area contributed by atoms with Gasteiger partial charge in [-0.2, -0.15) is 0 Å². The zero-order chi connectivity index (χ0) is 35.5. The van der Waals surface area contributed by atoms with Gasteiger partial charge in [-0.3, -0.25) is 0 Å². The van der Waals surface area contributed by atoms with E-state index < -0.39 is 0 Å². The molecule has 4 nitrogen and oxygen atoms in total. The number of rotatable bonds is 5. The van der Waals surface area contributed by atoms with Crippen molar-refractivity contribution in [3.63, 3.8) is 0 Å². The molecular formula is C49H37N3O. The van der Waals surface area contributed by atoms with Crippen LogP contribution in [-0.4, -0.2) is 15.0 Å². The average Bonchev–Trinajstić information content (AvgIpc) is 3.59. The molecule has 0 aliphatic heterocycles. The number of allylic oxidation sites excluding steroid dienone is 5. The molecule has 2 atom stereocenters. The molecule has 0 bridgehead atoms. The maximum atomic E-state index is 6.64. The van der Waals surface area contributed by atoms with Crippen molar-refractivity contribution in [1.29, 1.82) is 0 Å². The molecule has 0 radical (unpaired) electrons. The van der Waals surface area contributed by atoms with Gasteiger partial charge in [0.05, 0.1) is 0 Å². The number of aromatic nitrogens is 3. The van der Waals surface area contributed by atoms with Crippen LogP contribution in [0.3, 0.4) is 0 Å². The minimum Gasteiger partial charge on any atom is -0.456 e. The topological polar surface area (TPSA) is 51.8 Å². The van der Waals surface area contributed by atoms with Crippen molar-refractivity contribution < 1.29 is 4.42 Å². The maximum absolute atomic E-state index is 6.64. The first-order valence-corrected chi connectivity index (χ1v) is 18.5. The molecule has 6 aromatic carbocycles.